The van der Waals surface area contributed by atoms with E-state index in [4.69, 9.17) is 5.73 Å². The van der Waals surface area contributed by atoms with Gasteiger partial charge in [0.1, 0.15) is 5.82 Å². The molecule has 3 nitrogen and oxygen atoms in total. The Kier molecular flexibility index (Phi) is 5.08. The van der Waals surface area contributed by atoms with E-state index in [2.05, 4.69) is 48.5 Å². The summed E-state index contributed by atoms with van der Waals surface area (Å²) in [4.78, 5) is 0. The first-order valence-electron chi connectivity index (χ1n) is 6.01. The number of halogens is 1. The van der Waals surface area contributed by atoms with Crippen molar-refractivity contribution in [2.45, 2.75) is 53.0 Å². The third-order valence-electron chi connectivity index (χ3n) is 3.24. The minimum atomic E-state index is 0.442. The first-order valence-corrected chi connectivity index (χ1v) is 7.09. The topological polar surface area (TPSA) is 43.8 Å². The minimum absolute atomic E-state index is 0.442. The van der Waals surface area contributed by atoms with Crippen molar-refractivity contribution < 1.29 is 0 Å². The molecule has 0 amide bonds. The lowest BCUT2D eigenvalue weighted by Crippen LogP contribution is -2.15. The zero-order valence-corrected chi connectivity index (χ0v) is 12.8. The molecule has 4 heteroatoms. The van der Waals surface area contributed by atoms with Gasteiger partial charge in [-0.15, -0.1) is 0 Å². The van der Waals surface area contributed by atoms with E-state index in [1.54, 1.807) is 0 Å². The summed E-state index contributed by atoms with van der Waals surface area (Å²) < 4.78 is 3.11. The fraction of sp³-hybridized carbons (Fsp3) is 0.750. The highest BCUT2D eigenvalue weighted by molar-refractivity contribution is 14.1. The lowest BCUT2D eigenvalue weighted by Gasteiger charge is -2.20. The number of nitrogens with two attached hydrogens (primary N) is 1. The van der Waals surface area contributed by atoms with Crippen LogP contribution in [0.2, 0.25) is 0 Å². The number of rotatable bonds is 5. The second kappa shape index (κ2) is 5.89. The van der Waals surface area contributed by atoms with Crippen LogP contribution in [-0.2, 0) is 0 Å². The molecule has 0 fully saturated rings. The molecule has 16 heavy (non-hydrogen) atoms. The first kappa shape index (κ1) is 13.8. The summed E-state index contributed by atoms with van der Waals surface area (Å²) in [7, 11) is 0. The van der Waals surface area contributed by atoms with Crippen molar-refractivity contribution in [3.8, 4) is 0 Å². The van der Waals surface area contributed by atoms with E-state index >= 15 is 0 Å². The van der Waals surface area contributed by atoms with Crippen molar-refractivity contribution in [2.75, 3.05) is 5.73 Å². The number of anilines is 1. The maximum absolute atomic E-state index is 6.09. The number of hydrogen-bond donors (Lipinski definition) is 1. The quantitative estimate of drug-likeness (QED) is 0.833. The van der Waals surface area contributed by atoms with Crippen molar-refractivity contribution in [1.82, 2.24) is 9.78 Å². The van der Waals surface area contributed by atoms with Crippen LogP contribution in [0.25, 0.3) is 0 Å². The number of aromatic nitrogens is 2. The van der Waals surface area contributed by atoms with Crippen LogP contribution in [0, 0.1) is 16.4 Å². The third kappa shape index (κ3) is 2.90. The predicted molar refractivity (Wildman–Crippen MR) is 77.5 cm³/mol. The van der Waals surface area contributed by atoms with Crippen LogP contribution in [0.15, 0.2) is 0 Å². The average Bonchev–Trinajstić information content (AvgIpc) is 2.53. The Morgan fingerprint density at radius 3 is 2.38 bits per heavy atom. The molecule has 1 heterocycles. The summed E-state index contributed by atoms with van der Waals surface area (Å²) in [6.45, 7) is 8.75. The Morgan fingerprint density at radius 1 is 1.38 bits per heavy atom. The maximum atomic E-state index is 6.09. The largest absolute Gasteiger partial charge is 0.383 e. The molecule has 0 saturated carbocycles. The van der Waals surface area contributed by atoms with Crippen LogP contribution in [0.4, 0.5) is 5.82 Å². The molecule has 1 aromatic rings. The lowest BCUT2D eigenvalue weighted by molar-refractivity contribution is 0.346. The van der Waals surface area contributed by atoms with Gasteiger partial charge in [-0.2, -0.15) is 5.10 Å². The monoisotopic (exact) mass is 335 g/mol. The van der Waals surface area contributed by atoms with E-state index in [0.717, 1.165) is 33.8 Å². The molecule has 0 radical (unpaired) electrons. The average molecular weight is 335 g/mol. The molecule has 1 aromatic heterocycles. The normalized spacial score (nSPS) is 15.1. The molecule has 1 rings (SSSR count). The van der Waals surface area contributed by atoms with Gasteiger partial charge in [-0.25, -0.2) is 4.68 Å². The van der Waals surface area contributed by atoms with E-state index in [0.29, 0.717) is 6.04 Å². The Balaban J connectivity index is 2.91. The van der Waals surface area contributed by atoms with Crippen LogP contribution in [0.5, 0.6) is 0 Å². The van der Waals surface area contributed by atoms with Gasteiger partial charge in [-0.1, -0.05) is 27.2 Å². The molecular formula is C12H22IN3. The number of nitrogen functional groups attached to an aromatic ring is 1. The SMILES string of the molecule is CCC(C)CC(CC)n1nc(C)c(I)c1N. The number of nitrogens with zero attached hydrogens (tertiary/aromatic N) is 2. The van der Waals surface area contributed by atoms with Crippen molar-refractivity contribution in [2.24, 2.45) is 5.92 Å². The molecular weight excluding hydrogens is 313 g/mol. The summed E-state index contributed by atoms with van der Waals surface area (Å²) in [5, 5.41) is 4.55. The van der Waals surface area contributed by atoms with Gasteiger partial charge in [0.2, 0.25) is 0 Å². The van der Waals surface area contributed by atoms with Gasteiger partial charge in [-0.3, -0.25) is 0 Å². The van der Waals surface area contributed by atoms with Crippen LogP contribution >= 0.6 is 22.6 Å². The Morgan fingerprint density at radius 2 is 2.00 bits per heavy atom. The minimum Gasteiger partial charge on any atom is -0.383 e. The zero-order chi connectivity index (χ0) is 12.3. The van der Waals surface area contributed by atoms with Gasteiger partial charge in [-0.05, 0) is 48.3 Å². The molecule has 0 aliphatic carbocycles. The highest BCUT2D eigenvalue weighted by atomic mass is 127. The van der Waals surface area contributed by atoms with Gasteiger partial charge in [0.15, 0.2) is 0 Å². The highest BCUT2D eigenvalue weighted by Gasteiger charge is 2.18. The summed E-state index contributed by atoms with van der Waals surface area (Å²) in [5.74, 6) is 1.56. The summed E-state index contributed by atoms with van der Waals surface area (Å²) >= 11 is 2.27. The Labute approximate surface area is 112 Å². The summed E-state index contributed by atoms with van der Waals surface area (Å²) in [6, 6.07) is 0.442. The Bertz CT molecular complexity index is 346. The summed E-state index contributed by atoms with van der Waals surface area (Å²) in [5.41, 5.74) is 7.13. The summed E-state index contributed by atoms with van der Waals surface area (Å²) in [6.07, 6.45) is 3.47. The smallest absolute Gasteiger partial charge is 0.135 e. The van der Waals surface area contributed by atoms with Crippen LogP contribution in [0.3, 0.4) is 0 Å². The fourth-order valence-corrected chi connectivity index (χ4v) is 2.25. The highest BCUT2D eigenvalue weighted by Crippen LogP contribution is 2.28. The standard InChI is InChI=1S/C12H22IN3/c1-5-8(3)7-10(6-2)16-12(14)11(13)9(4)15-16/h8,10H,5-7,14H2,1-4H3. The van der Waals surface area contributed by atoms with E-state index in [1.165, 1.54) is 6.42 Å². The second-order valence-electron chi connectivity index (χ2n) is 4.54. The molecule has 0 aromatic carbocycles. The molecule has 2 unspecified atom stereocenters. The Hall–Kier alpha value is -0.260. The molecule has 0 aliphatic heterocycles. The molecule has 2 atom stereocenters. The number of hydrogen-bond acceptors (Lipinski definition) is 2. The molecule has 0 bridgehead atoms. The molecule has 0 saturated heterocycles. The molecule has 2 N–H and O–H groups in total. The maximum Gasteiger partial charge on any atom is 0.135 e. The first-order chi connectivity index (χ1) is 7.51. The fourth-order valence-electron chi connectivity index (χ4n) is 1.89. The van der Waals surface area contributed by atoms with Crippen molar-refractivity contribution in [1.29, 1.82) is 0 Å². The second-order valence-corrected chi connectivity index (χ2v) is 5.62. The van der Waals surface area contributed by atoms with Crippen LogP contribution in [-0.4, -0.2) is 9.78 Å². The van der Waals surface area contributed by atoms with Gasteiger partial charge in [0, 0.05) is 0 Å². The van der Waals surface area contributed by atoms with E-state index in [9.17, 15) is 0 Å². The third-order valence-corrected chi connectivity index (χ3v) is 4.57. The van der Waals surface area contributed by atoms with Crippen molar-refractivity contribution >= 4 is 28.4 Å². The molecule has 0 aliphatic rings. The predicted octanol–water partition coefficient (Wildman–Crippen LogP) is 3.77. The van der Waals surface area contributed by atoms with Gasteiger partial charge in [0.25, 0.3) is 0 Å². The van der Waals surface area contributed by atoms with Gasteiger partial charge >= 0.3 is 0 Å². The zero-order valence-electron chi connectivity index (χ0n) is 10.6. The van der Waals surface area contributed by atoms with E-state index in [1.807, 2.05) is 11.6 Å². The van der Waals surface area contributed by atoms with Crippen LogP contribution < -0.4 is 5.73 Å². The van der Waals surface area contributed by atoms with Crippen molar-refractivity contribution in [3.05, 3.63) is 9.26 Å². The van der Waals surface area contributed by atoms with E-state index < -0.39 is 0 Å². The lowest BCUT2D eigenvalue weighted by atomic mass is 9.98. The van der Waals surface area contributed by atoms with Crippen molar-refractivity contribution in [3.63, 3.8) is 0 Å². The molecule has 92 valence electrons. The molecule has 0 spiro atoms. The number of aryl methyl sites for hydroxylation is 1. The van der Waals surface area contributed by atoms with Gasteiger partial charge < -0.3 is 5.73 Å². The van der Waals surface area contributed by atoms with Gasteiger partial charge in [0.05, 0.1) is 15.3 Å². The van der Waals surface area contributed by atoms with Crippen LogP contribution in [0.1, 0.15) is 51.8 Å². The van der Waals surface area contributed by atoms with E-state index in [-0.39, 0.29) is 0 Å².